The highest BCUT2D eigenvalue weighted by Gasteiger charge is 2.29. The maximum absolute atomic E-state index is 12.4. The van der Waals surface area contributed by atoms with Gasteiger partial charge in [0, 0.05) is 31.6 Å². The van der Waals surface area contributed by atoms with Gasteiger partial charge < -0.3 is 15.5 Å². The molecule has 1 saturated heterocycles. The fourth-order valence-corrected chi connectivity index (χ4v) is 3.84. The Morgan fingerprint density at radius 3 is 2.75 bits per heavy atom. The molecule has 4 heteroatoms. The average molecular weight is 281 g/mol. The van der Waals surface area contributed by atoms with E-state index in [4.69, 9.17) is 5.73 Å². The molecule has 2 aliphatic rings. The fourth-order valence-electron chi connectivity index (χ4n) is 3.84. The molecule has 116 valence electrons. The van der Waals surface area contributed by atoms with E-state index in [0.717, 1.165) is 38.8 Å². The number of likely N-dealkylation sites (N-methyl/N-ethyl adjacent to an activating group) is 1. The Kier molecular flexibility index (Phi) is 5.85. The van der Waals surface area contributed by atoms with Crippen LogP contribution < -0.4 is 5.73 Å². The minimum absolute atomic E-state index is 0.369. The first-order valence-electron chi connectivity index (χ1n) is 8.26. The summed E-state index contributed by atoms with van der Waals surface area (Å²) in [7, 11) is 4.18. The zero-order chi connectivity index (χ0) is 14.5. The molecule has 20 heavy (non-hydrogen) atoms. The van der Waals surface area contributed by atoms with E-state index in [1.807, 2.05) is 0 Å². The summed E-state index contributed by atoms with van der Waals surface area (Å²) in [4.78, 5) is 16.8. The summed E-state index contributed by atoms with van der Waals surface area (Å²) in [5.41, 5.74) is 6.03. The van der Waals surface area contributed by atoms with Crippen molar-refractivity contribution in [3.63, 3.8) is 0 Å². The molecule has 0 spiro atoms. The van der Waals surface area contributed by atoms with Crippen molar-refractivity contribution < 1.29 is 4.79 Å². The summed E-state index contributed by atoms with van der Waals surface area (Å²) in [6.45, 7) is 1.96. The monoisotopic (exact) mass is 281 g/mol. The Morgan fingerprint density at radius 2 is 2.05 bits per heavy atom. The van der Waals surface area contributed by atoms with E-state index in [1.165, 1.54) is 25.7 Å². The first-order valence-corrected chi connectivity index (χ1v) is 8.26. The number of hydrogen-bond acceptors (Lipinski definition) is 3. The van der Waals surface area contributed by atoms with Gasteiger partial charge in [-0.05, 0) is 52.1 Å². The molecule has 2 N–H and O–H groups in total. The maximum Gasteiger partial charge on any atom is 0.222 e. The van der Waals surface area contributed by atoms with Gasteiger partial charge in [-0.1, -0.05) is 12.8 Å². The molecular weight excluding hydrogens is 250 g/mol. The van der Waals surface area contributed by atoms with Crippen molar-refractivity contribution in [1.29, 1.82) is 0 Å². The van der Waals surface area contributed by atoms with Gasteiger partial charge in [-0.2, -0.15) is 0 Å². The van der Waals surface area contributed by atoms with E-state index in [1.54, 1.807) is 0 Å². The number of carbonyl (C=O) groups is 1. The Hall–Kier alpha value is -0.610. The van der Waals surface area contributed by atoms with Gasteiger partial charge in [0.05, 0.1) is 0 Å². The van der Waals surface area contributed by atoms with Crippen LogP contribution in [-0.4, -0.2) is 55.0 Å². The minimum Gasteiger partial charge on any atom is -0.338 e. The van der Waals surface area contributed by atoms with E-state index >= 15 is 0 Å². The van der Waals surface area contributed by atoms with Crippen LogP contribution in [-0.2, 0) is 4.79 Å². The lowest BCUT2D eigenvalue weighted by atomic mass is 9.83. The molecule has 4 nitrogen and oxygen atoms in total. The van der Waals surface area contributed by atoms with Crippen molar-refractivity contribution in [3.05, 3.63) is 0 Å². The van der Waals surface area contributed by atoms with Gasteiger partial charge in [0.2, 0.25) is 5.91 Å². The van der Waals surface area contributed by atoms with Gasteiger partial charge in [-0.25, -0.2) is 0 Å². The third kappa shape index (κ3) is 4.45. The zero-order valence-corrected chi connectivity index (χ0v) is 13.2. The van der Waals surface area contributed by atoms with Gasteiger partial charge >= 0.3 is 0 Å². The van der Waals surface area contributed by atoms with Crippen LogP contribution in [0, 0.1) is 5.92 Å². The van der Waals surface area contributed by atoms with E-state index in [9.17, 15) is 4.79 Å². The predicted octanol–water partition coefficient (Wildman–Crippen LogP) is 1.84. The third-order valence-electron chi connectivity index (χ3n) is 4.86. The highest BCUT2D eigenvalue weighted by atomic mass is 16.2. The number of carbonyl (C=O) groups excluding carboxylic acids is 1. The van der Waals surface area contributed by atoms with Crippen LogP contribution in [0.3, 0.4) is 0 Å². The summed E-state index contributed by atoms with van der Waals surface area (Å²) in [6.07, 6.45) is 8.89. The van der Waals surface area contributed by atoms with Gasteiger partial charge in [0.1, 0.15) is 0 Å². The first kappa shape index (κ1) is 15.8. The molecule has 1 aliphatic heterocycles. The van der Waals surface area contributed by atoms with Gasteiger partial charge in [0.25, 0.3) is 0 Å². The number of likely N-dealkylation sites (tertiary alicyclic amines) is 1. The van der Waals surface area contributed by atoms with Crippen molar-refractivity contribution in [2.75, 3.05) is 27.2 Å². The van der Waals surface area contributed by atoms with E-state index in [2.05, 4.69) is 23.9 Å². The number of amides is 1. The second kappa shape index (κ2) is 7.41. The molecule has 1 saturated carbocycles. The molecule has 2 rings (SSSR count). The van der Waals surface area contributed by atoms with Gasteiger partial charge in [-0.15, -0.1) is 0 Å². The third-order valence-corrected chi connectivity index (χ3v) is 4.86. The van der Waals surface area contributed by atoms with Crippen molar-refractivity contribution in [2.45, 2.75) is 63.5 Å². The lowest BCUT2D eigenvalue weighted by Gasteiger charge is -2.29. The van der Waals surface area contributed by atoms with Crippen LogP contribution in [0.4, 0.5) is 0 Å². The maximum atomic E-state index is 12.4. The number of nitrogens with two attached hydrogens (primary N) is 1. The Labute approximate surface area is 123 Å². The van der Waals surface area contributed by atoms with Crippen LogP contribution in [0.5, 0.6) is 0 Å². The Morgan fingerprint density at radius 1 is 1.25 bits per heavy atom. The summed E-state index contributed by atoms with van der Waals surface area (Å²) >= 11 is 0. The lowest BCUT2D eigenvalue weighted by molar-refractivity contribution is -0.132. The summed E-state index contributed by atoms with van der Waals surface area (Å²) < 4.78 is 0. The zero-order valence-electron chi connectivity index (χ0n) is 13.2. The van der Waals surface area contributed by atoms with E-state index < -0.39 is 0 Å². The molecule has 0 aromatic heterocycles. The molecule has 0 bridgehead atoms. The number of hydrogen-bond donors (Lipinski definition) is 1. The van der Waals surface area contributed by atoms with Crippen LogP contribution in [0.15, 0.2) is 0 Å². The fraction of sp³-hybridized carbons (Fsp3) is 0.938. The van der Waals surface area contributed by atoms with Crippen LogP contribution in [0.1, 0.15) is 51.4 Å². The summed E-state index contributed by atoms with van der Waals surface area (Å²) in [5, 5.41) is 0. The van der Waals surface area contributed by atoms with Crippen molar-refractivity contribution in [3.8, 4) is 0 Å². The molecule has 3 atom stereocenters. The second-order valence-electron chi connectivity index (χ2n) is 6.98. The van der Waals surface area contributed by atoms with E-state index in [-0.39, 0.29) is 0 Å². The van der Waals surface area contributed by atoms with Crippen LogP contribution >= 0.6 is 0 Å². The summed E-state index contributed by atoms with van der Waals surface area (Å²) in [5.74, 6) is 1.05. The van der Waals surface area contributed by atoms with Crippen LogP contribution in [0.25, 0.3) is 0 Å². The molecule has 0 aromatic carbocycles. The molecule has 1 amide bonds. The molecule has 1 aliphatic carbocycles. The first-order chi connectivity index (χ1) is 9.56. The van der Waals surface area contributed by atoms with Gasteiger partial charge in [-0.3, -0.25) is 4.79 Å². The largest absolute Gasteiger partial charge is 0.338 e. The Bertz CT molecular complexity index is 319. The van der Waals surface area contributed by atoms with Crippen molar-refractivity contribution in [2.24, 2.45) is 11.7 Å². The molecule has 0 radical (unpaired) electrons. The molecule has 0 aromatic rings. The number of nitrogens with zero attached hydrogens (tertiary/aromatic N) is 2. The quantitative estimate of drug-likeness (QED) is 0.836. The highest BCUT2D eigenvalue weighted by Crippen LogP contribution is 2.28. The van der Waals surface area contributed by atoms with Crippen LogP contribution in [0.2, 0.25) is 0 Å². The normalized spacial score (nSPS) is 31.0. The SMILES string of the molecule is CN(C)CC1CCCN1C(=O)CCC1CCCC(N)C1. The molecule has 1 heterocycles. The average Bonchev–Trinajstić information content (AvgIpc) is 2.83. The molecule has 3 unspecified atom stereocenters. The smallest absolute Gasteiger partial charge is 0.222 e. The Balaban J connectivity index is 1.76. The van der Waals surface area contributed by atoms with E-state index in [0.29, 0.717) is 23.9 Å². The lowest BCUT2D eigenvalue weighted by Crippen LogP contribution is -2.41. The van der Waals surface area contributed by atoms with Crippen molar-refractivity contribution >= 4 is 5.91 Å². The second-order valence-corrected chi connectivity index (χ2v) is 6.98. The number of rotatable bonds is 5. The molecular formula is C16H31N3O. The van der Waals surface area contributed by atoms with Crippen molar-refractivity contribution in [1.82, 2.24) is 9.80 Å². The minimum atomic E-state index is 0.369. The standard InChI is InChI=1S/C16H31N3O/c1-18(2)12-15-7-4-10-19(15)16(20)9-8-13-5-3-6-14(17)11-13/h13-15H,3-12,17H2,1-2H3. The topological polar surface area (TPSA) is 49.6 Å². The molecule has 2 fully saturated rings. The predicted molar refractivity (Wildman–Crippen MR) is 82.5 cm³/mol. The van der Waals surface area contributed by atoms with Gasteiger partial charge in [0.15, 0.2) is 0 Å². The highest BCUT2D eigenvalue weighted by molar-refractivity contribution is 5.76. The summed E-state index contributed by atoms with van der Waals surface area (Å²) in [6, 6.07) is 0.809.